The molecule has 0 aliphatic carbocycles. The van der Waals surface area contributed by atoms with Gasteiger partial charge in [-0.25, -0.2) is 0 Å². The first-order valence-electron chi connectivity index (χ1n) is 2.78. The second kappa shape index (κ2) is 2.22. The zero-order valence-corrected chi connectivity index (χ0v) is 5.84. The van der Waals surface area contributed by atoms with Crippen LogP contribution in [-0.4, -0.2) is 9.59 Å². The Morgan fingerprint density at radius 2 is 2.50 bits per heavy atom. The van der Waals surface area contributed by atoms with Crippen molar-refractivity contribution in [1.82, 2.24) is 9.59 Å². The van der Waals surface area contributed by atoms with Crippen molar-refractivity contribution >= 4 is 11.5 Å². The minimum Gasteiger partial charge on any atom is -0.463 e. The lowest BCUT2D eigenvalue weighted by atomic mass is 10.4. The van der Waals surface area contributed by atoms with Crippen molar-refractivity contribution in [3.05, 3.63) is 24.6 Å². The zero-order valence-electron chi connectivity index (χ0n) is 5.02. The van der Waals surface area contributed by atoms with E-state index < -0.39 is 0 Å². The van der Waals surface area contributed by atoms with Gasteiger partial charge >= 0.3 is 0 Å². The monoisotopic (exact) mass is 152 g/mol. The molecule has 50 valence electrons. The van der Waals surface area contributed by atoms with Crippen LogP contribution in [-0.2, 0) is 0 Å². The van der Waals surface area contributed by atoms with Crippen LogP contribution < -0.4 is 0 Å². The van der Waals surface area contributed by atoms with Crippen molar-refractivity contribution in [1.29, 1.82) is 0 Å². The van der Waals surface area contributed by atoms with Crippen LogP contribution in [0.4, 0.5) is 0 Å². The average molecular weight is 152 g/mol. The molecule has 2 heterocycles. The Labute approximate surface area is 61.5 Å². The maximum Gasteiger partial charge on any atom is 0.147 e. The number of hydrogen-bond donors (Lipinski definition) is 0. The summed E-state index contributed by atoms with van der Waals surface area (Å²) >= 11 is 1.33. The second-order valence-electron chi connectivity index (χ2n) is 1.76. The molecule has 0 aliphatic rings. The van der Waals surface area contributed by atoms with Crippen molar-refractivity contribution in [3.8, 4) is 10.6 Å². The summed E-state index contributed by atoms with van der Waals surface area (Å²) in [4.78, 5) is 0.963. The van der Waals surface area contributed by atoms with Crippen LogP contribution in [0.3, 0.4) is 0 Å². The molecule has 10 heavy (non-hydrogen) atoms. The zero-order chi connectivity index (χ0) is 6.81. The minimum absolute atomic E-state index is 0.829. The summed E-state index contributed by atoms with van der Waals surface area (Å²) in [6, 6.07) is 3.73. The molecular weight excluding hydrogens is 148 g/mol. The Bertz CT molecular complexity index is 255. The molecule has 0 fully saturated rings. The van der Waals surface area contributed by atoms with Crippen molar-refractivity contribution in [2.24, 2.45) is 0 Å². The number of rotatable bonds is 1. The van der Waals surface area contributed by atoms with Crippen LogP contribution >= 0.6 is 11.5 Å². The highest BCUT2D eigenvalue weighted by Gasteiger charge is 2.00. The van der Waals surface area contributed by atoms with Gasteiger partial charge < -0.3 is 4.42 Å². The first kappa shape index (κ1) is 5.61. The summed E-state index contributed by atoms with van der Waals surface area (Å²) < 4.78 is 8.82. The van der Waals surface area contributed by atoms with Crippen LogP contribution in [0, 0.1) is 0 Å². The van der Waals surface area contributed by atoms with E-state index in [1.165, 1.54) is 11.5 Å². The summed E-state index contributed by atoms with van der Waals surface area (Å²) in [5.41, 5.74) is 0. The maximum atomic E-state index is 5.11. The maximum absolute atomic E-state index is 5.11. The van der Waals surface area contributed by atoms with E-state index in [0.29, 0.717) is 0 Å². The third kappa shape index (κ3) is 0.823. The molecule has 0 amide bonds. The quantitative estimate of drug-likeness (QED) is 0.625. The van der Waals surface area contributed by atoms with E-state index in [1.807, 2.05) is 12.1 Å². The molecule has 0 unspecified atom stereocenters. The largest absolute Gasteiger partial charge is 0.463 e. The number of aromatic nitrogens is 2. The Morgan fingerprint density at radius 1 is 1.50 bits per heavy atom. The molecule has 3 nitrogen and oxygen atoms in total. The molecule has 0 saturated carbocycles. The first-order valence-corrected chi connectivity index (χ1v) is 3.55. The molecule has 0 aliphatic heterocycles. The van der Waals surface area contributed by atoms with Gasteiger partial charge in [-0.15, -0.1) is 5.10 Å². The van der Waals surface area contributed by atoms with Gasteiger partial charge in [0.1, 0.15) is 10.6 Å². The van der Waals surface area contributed by atoms with Crippen LogP contribution in [0.5, 0.6) is 0 Å². The van der Waals surface area contributed by atoms with Gasteiger partial charge in [0.2, 0.25) is 0 Å². The smallest absolute Gasteiger partial charge is 0.147 e. The van der Waals surface area contributed by atoms with Gasteiger partial charge in [-0.1, -0.05) is 4.49 Å². The van der Waals surface area contributed by atoms with Gasteiger partial charge in [0, 0.05) is 0 Å². The highest BCUT2D eigenvalue weighted by atomic mass is 32.1. The fraction of sp³-hybridized carbons (Fsp3) is 0. The van der Waals surface area contributed by atoms with Gasteiger partial charge in [-0.2, -0.15) is 0 Å². The summed E-state index contributed by atoms with van der Waals surface area (Å²) in [6.07, 6.45) is 3.32. The predicted molar refractivity (Wildman–Crippen MR) is 37.6 cm³/mol. The molecule has 2 aromatic heterocycles. The lowest BCUT2D eigenvalue weighted by Crippen LogP contribution is -1.60. The van der Waals surface area contributed by atoms with Crippen molar-refractivity contribution in [3.63, 3.8) is 0 Å². The van der Waals surface area contributed by atoms with Crippen LogP contribution in [0.25, 0.3) is 10.6 Å². The molecule has 0 aromatic carbocycles. The summed E-state index contributed by atoms with van der Waals surface area (Å²) in [5, 5.41) is 3.69. The molecule has 2 rings (SSSR count). The van der Waals surface area contributed by atoms with Crippen LogP contribution in [0.15, 0.2) is 29.0 Å². The number of furan rings is 1. The Morgan fingerprint density at radius 3 is 3.10 bits per heavy atom. The second-order valence-corrected chi connectivity index (χ2v) is 2.54. The van der Waals surface area contributed by atoms with Crippen LogP contribution in [0.2, 0.25) is 0 Å². The van der Waals surface area contributed by atoms with Gasteiger partial charge in [-0.05, 0) is 23.7 Å². The van der Waals surface area contributed by atoms with Crippen molar-refractivity contribution in [2.45, 2.75) is 0 Å². The Hall–Kier alpha value is -1.16. The Kier molecular flexibility index (Phi) is 1.25. The number of hydrogen-bond acceptors (Lipinski definition) is 4. The lowest BCUT2D eigenvalue weighted by molar-refractivity contribution is 0.583. The summed E-state index contributed by atoms with van der Waals surface area (Å²) in [7, 11) is 0. The fourth-order valence-corrected chi connectivity index (χ4v) is 1.18. The normalized spacial score (nSPS) is 10.0. The fourth-order valence-electron chi connectivity index (χ4n) is 0.694. The Balaban J connectivity index is 2.48. The van der Waals surface area contributed by atoms with E-state index >= 15 is 0 Å². The lowest BCUT2D eigenvalue weighted by Gasteiger charge is -1.82. The molecule has 0 radical (unpaired) electrons. The standard InChI is InChI=1S/C6H4N2OS/c1-2-5(9-3-1)6-4-7-8-10-6/h1-4H. The SMILES string of the molecule is c1coc(-c2cnns2)c1. The molecule has 4 heteroatoms. The number of nitrogens with zero attached hydrogens (tertiary/aromatic N) is 2. The first-order chi connectivity index (χ1) is 4.97. The predicted octanol–water partition coefficient (Wildman–Crippen LogP) is 1.80. The molecule has 0 N–H and O–H groups in total. The molecule has 2 aromatic rings. The summed E-state index contributed by atoms with van der Waals surface area (Å²) in [6.45, 7) is 0. The van der Waals surface area contributed by atoms with E-state index in [2.05, 4.69) is 9.59 Å². The van der Waals surface area contributed by atoms with E-state index in [4.69, 9.17) is 4.42 Å². The molecule has 0 spiro atoms. The van der Waals surface area contributed by atoms with Crippen molar-refractivity contribution < 1.29 is 4.42 Å². The molecular formula is C6H4N2OS. The molecule has 0 bridgehead atoms. The summed E-state index contributed by atoms with van der Waals surface area (Å²) in [5.74, 6) is 0.829. The topological polar surface area (TPSA) is 38.9 Å². The molecule has 0 atom stereocenters. The van der Waals surface area contributed by atoms with Gasteiger partial charge in [0.25, 0.3) is 0 Å². The van der Waals surface area contributed by atoms with E-state index in [0.717, 1.165) is 10.6 Å². The highest BCUT2D eigenvalue weighted by molar-refractivity contribution is 7.09. The van der Waals surface area contributed by atoms with Crippen molar-refractivity contribution in [2.75, 3.05) is 0 Å². The minimum atomic E-state index is 0.829. The third-order valence-corrected chi connectivity index (χ3v) is 1.80. The van der Waals surface area contributed by atoms with Gasteiger partial charge in [0.05, 0.1) is 12.5 Å². The third-order valence-electron chi connectivity index (χ3n) is 1.13. The van der Waals surface area contributed by atoms with E-state index in [1.54, 1.807) is 12.5 Å². The van der Waals surface area contributed by atoms with Crippen LogP contribution in [0.1, 0.15) is 0 Å². The van der Waals surface area contributed by atoms with Gasteiger partial charge in [0.15, 0.2) is 0 Å². The highest BCUT2D eigenvalue weighted by Crippen LogP contribution is 2.20. The van der Waals surface area contributed by atoms with Gasteiger partial charge in [-0.3, -0.25) is 0 Å². The molecule has 0 saturated heterocycles. The van der Waals surface area contributed by atoms with E-state index in [9.17, 15) is 0 Å². The van der Waals surface area contributed by atoms with E-state index in [-0.39, 0.29) is 0 Å². The average Bonchev–Trinajstić information content (AvgIpc) is 2.59.